The number of nitrogens with one attached hydrogen (secondary N) is 1. The van der Waals surface area contributed by atoms with Crippen LogP contribution in [-0.2, 0) is 14.8 Å². The highest BCUT2D eigenvalue weighted by molar-refractivity contribution is 7.90. The van der Waals surface area contributed by atoms with Gasteiger partial charge in [0.05, 0.1) is 0 Å². The molecule has 0 aliphatic heterocycles. The molecular weight excluding hydrogens is 326 g/mol. The zero-order chi connectivity index (χ0) is 15.1. The summed E-state index contributed by atoms with van der Waals surface area (Å²) in [5.74, 6) is -1.03. The van der Waals surface area contributed by atoms with Gasteiger partial charge in [-0.25, -0.2) is 8.42 Å². The largest absolute Gasteiger partial charge is 0.294 e. The third kappa shape index (κ3) is 5.66. The molecule has 0 spiro atoms. The van der Waals surface area contributed by atoms with E-state index in [0.29, 0.717) is 0 Å². The Kier molecular flexibility index (Phi) is 5.49. The van der Waals surface area contributed by atoms with Gasteiger partial charge in [0.2, 0.25) is 10.0 Å². The van der Waals surface area contributed by atoms with E-state index in [1.165, 1.54) is 34.9 Å². The molecule has 0 aromatic carbocycles. The van der Waals surface area contributed by atoms with E-state index in [1.807, 2.05) is 33.7 Å². The van der Waals surface area contributed by atoms with Crippen LogP contribution in [0.5, 0.6) is 0 Å². The summed E-state index contributed by atoms with van der Waals surface area (Å²) in [6.45, 7) is 0. The van der Waals surface area contributed by atoms with Crippen molar-refractivity contribution in [3.8, 4) is 0 Å². The van der Waals surface area contributed by atoms with Crippen LogP contribution in [0, 0.1) is 0 Å². The average Bonchev–Trinajstić information content (AvgIpc) is 3.08. The fourth-order valence-corrected chi connectivity index (χ4v) is 3.53. The number of allylic oxidation sites excluding steroid dienone is 1. The zero-order valence-electron chi connectivity index (χ0n) is 10.9. The molecule has 0 amide bonds. The molecule has 4 nitrogen and oxygen atoms in total. The van der Waals surface area contributed by atoms with Crippen molar-refractivity contribution in [2.45, 2.75) is 0 Å². The minimum atomic E-state index is -3.66. The van der Waals surface area contributed by atoms with Crippen LogP contribution in [0.25, 0.3) is 12.2 Å². The molecule has 2 rings (SSSR count). The molecule has 0 radical (unpaired) electrons. The van der Waals surface area contributed by atoms with Crippen molar-refractivity contribution in [3.63, 3.8) is 0 Å². The Hall–Kier alpha value is -1.70. The number of hydrogen-bond donors (Lipinski definition) is 1. The summed E-state index contributed by atoms with van der Waals surface area (Å²) in [7, 11) is -3.66. The van der Waals surface area contributed by atoms with E-state index < -0.39 is 21.6 Å². The standard InChI is InChI=1S/C14H13NO3S3/c16-14(2-1-12-4-7-19-9-12)11-21(17,18)15-6-3-13-5-8-20-10-13/h1-10,15H,11H2/b2-1-,6-3+. The minimum absolute atomic E-state index is 0.461. The molecule has 2 aromatic rings. The normalized spacial score (nSPS) is 12.2. The molecular formula is C14H13NO3S3. The number of thiophene rings is 2. The summed E-state index contributed by atoms with van der Waals surface area (Å²) < 4.78 is 25.7. The quantitative estimate of drug-likeness (QED) is 0.789. The van der Waals surface area contributed by atoms with Gasteiger partial charge in [0.15, 0.2) is 5.78 Å². The Morgan fingerprint density at radius 2 is 1.71 bits per heavy atom. The molecule has 0 atom stereocenters. The van der Waals surface area contributed by atoms with Crippen molar-refractivity contribution in [2.75, 3.05) is 5.75 Å². The van der Waals surface area contributed by atoms with E-state index in [-0.39, 0.29) is 0 Å². The molecule has 0 fully saturated rings. The van der Waals surface area contributed by atoms with Crippen molar-refractivity contribution in [1.29, 1.82) is 0 Å². The second-order valence-corrected chi connectivity index (χ2v) is 7.44. The molecule has 0 unspecified atom stereocenters. The third-order valence-electron chi connectivity index (χ3n) is 2.40. The van der Waals surface area contributed by atoms with E-state index in [9.17, 15) is 13.2 Å². The Labute approximate surface area is 131 Å². The second-order valence-electron chi connectivity index (χ2n) is 4.12. The molecule has 2 heterocycles. The van der Waals surface area contributed by atoms with Gasteiger partial charge in [0.1, 0.15) is 5.75 Å². The maximum atomic E-state index is 11.7. The van der Waals surface area contributed by atoms with Crippen LogP contribution in [0.3, 0.4) is 0 Å². The SMILES string of the molecule is O=C(/C=C\c1ccsc1)CS(=O)(=O)N/C=C/c1ccsc1. The first kappa shape index (κ1) is 15.7. The van der Waals surface area contributed by atoms with Gasteiger partial charge in [-0.1, -0.05) is 6.08 Å². The first-order valence-corrected chi connectivity index (χ1v) is 9.51. The van der Waals surface area contributed by atoms with Gasteiger partial charge in [-0.05, 0) is 56.9 Å². The van der Waals surface area contributed by atoms with Crippen molar-refractivity contribution >= 4 is 50.6 Å². The predicted octanol–water partition coefficient (Wildman–Crippen LogP) is 2.98. The lowest BCUT2D eigenvalue weighted by molar-refractivity contribution is -0.112. The van der Waals surface area contributed by atoms with Crippen LogP contribution in [0.2, 0.25) is 0 Å². The molecule has 21 heavy (non-hydrogen) atoms. The summed E-state index contributed by atoms with van der Waals surface area (Å²) in [4.78, 5) is 11.6. The van der Waals surface area contributed by atoms with Gasteiger partial charge < -0.3 is 0 Å². The fraction of sp³-hybridized carbons (Fsp3) is 0.0714. The molecule has 0 aliphatic carbocycles. The minimum Gasteiger partial charge on any atom is -0.294 e. The first-order chi connectivity index (χ1) is 10.1. The van der Waals surface area contributed by atoms with Crippen molar-refractivity contribution < 1.29 is 13.2 Å². The van der Waals surface area contributed by atoms with Crippen LogP contribution < -0.4 is 4.72 Å². The van der Waals surface area contributed by atoms with Crippen LogP contribution >= 0.6 is 22.7 Å². The highest BCUT2D eigenvalue weighted by Crippen LogP contribution is 2.08. The van der Waals surface area contributed by atoms with Crippen LogP contribution in [0.15, 0.2) is 45.9 Å². The predicted molar refractivity (Wildman–Crippen MR) is 88.6 cm³/mol. The maximum Gasteiger partial charge on any atom is 0.239 e. The number of ketones is 1. The summed E-state index contributed by atoms with van der Waals surface area (Å²) in [6.07, 6.45) is 5.85. The molecule has 0 bridgehead atoms. The molecule has 7 heteroatoms. The summed E-state index contributed by atoms with van der Waals surface area (Å²) >= 11 is 3.04. The molecule has 0 aliphatic rings. The summed E-state index contributed by atoms with van der Waals surface area (Å²) in [6, 6.07) is 3.72. The van der Waals surface area contributed by atoms with Crippen molar-refractivity contribution in [2.24, 2.45) is 0 Å². The van der Waals surface area contributed by atoms with Gasteiger partial charge in [0.25, 0.3) is 0 Å². The molecule has 110 valence electrons. The Morgan fingerprint density at radius 1 is 1.10 bits per heavy atom. The summed E-state index contributed by atoms with van der Waals surface area (Å²) in [5, 5.41) is 7.55. The van der Waals surface area contributed by atoms with Gasteiger partial charge in [-0.3, -0.25) is 9.52 Å². The topological polar surface area (TPSA) is 63.2 Å². The average molecular weight is 339 g/mol. The molecule has 2 aromatic heterocycles. The van der Waals surface area contributed by atoms with Crippen LogP contribution in [0.1, 0.15) is 11.1 Å². The van der Waals surface area contributed by atoms with E-state index in [2.05, 4.69) is 4.72 Å². The number of carbonyl (C=O) groups excluding carboxylic acids is 1. The second kappa shape index (κ2) is 7.35. The van der Waals surface area contributed by atoms with Crippen molar-refractivity contribution in [3.05, 3.63) is 57.1 Å². The maximum absolute atomic E-state index is 11.7. The van der Waals surface area contributed by atoms with Crippen LogP contribution in [0.4, 0.5) is 0 Å². The number of rotatable bonds is 7. The van der Waals surface area contributed by atoms with E-state index in [4.69, 9.17) is 0 Å². The Balaban J connectivity index is 1.87. The van der Waals surface area contributed by atoms with E-state index in [0.717, 1.165) is 11.1 Å². The lowest BCUT2D eigenvalue weighted by atomic mass is 10.3. The fourth-order valence-electron chi connectivity index (χ4n) is 1.44. The lowest BCUT2D eigenvalue weighted by Crippen LogP contribution is -2.25. The van der Waals surface area contributed by atoms with Crippen molar-refractivity contribution in [1.82, 2.24) is 4.72 Å². The highest BCUT2D eigenvalue weighted by atomic mass is 32.2. The Morgan fingerprint density at radius 3 is 2.29 bits per heavy atom. The number of hydrogen-bond acceptors (Lipinski definition) is 5. The van der Waals surface area contributed by atoms with Gasteiger partial charge in [-0.15, -0.1) is 0 Å². The first-order valence-electron chi connectivity index (χ1n) is 5.97. The van der Waals surface area contributed by atoms with E-state index >= 15 is 0 Å². The van der Waals surface area contributed by atoms with Gasteiger partial charge in [0, 0.05) is 6.20 Å². The number of sulfonamides is 1. The molecule has 0 saturated heterocycles. The third-order valence-corrected chi connectivity index (χ3v) is 4.97. The Bertz CT molecular complexity index is 727. The smallest absolute Gasteiger partial charge is 0.239 e. The lowest BCUT2D eigenvalue weighted by Gasteiger charge is -2.00. The van der Waals surface area contributed by atoms with Crippen LogP contribution in [-0.4, -0.2) is 20.0 Å². The summed E-state index contributed by atoms with van der Waals surface area (Å²) in [5.41, 5.74) is 1.79. The van der Waals surface area contributed by atoms with E-state index in [1.54, 1.807) is 12.2 Å². The molecule has 1 N–H and O–H groups in total. The zero-order valence-corrected chi connectivity index (χ0v) is 13.4. The molecule has 0 saturated carbocycles. The van der Waals surface area contributed by atoms with Gasteiger partial charge in [-0.2, -0.15) is 22.7 Å². The monoisotopic (exact) mass is 339 g/mol. The van der Waals surface area contributed by atoms with Gasteiger partial charge >= 0.3 is 0 Å². The number of carbonyl (C=O) groups is 1. The highest BCUT2D eigenvalue weighted by Gasteiger charge is 2.12.